The third-order valence-corrected chi connectivity index (χ3v) is 5.11. The van der Waals surface area contributed by atoms with Crippen molar-refractivity contribution in [3.05, 3.63) is 0 Å². The van der Waals surface area contributed by atoms with Crippen molar-refractivity contribution in [2.75, 3.05) is 38.5 Å². The smallest absolute Gasteiger partial charge is 0.0231 e. The highest BCUT2D eigenvalue weighted by molar-refractivity contribution is 8.00. The van der Waals surface area contributed by atoms with Crippen molar-refractivity contribution >= 4 is 11.8 Å². The Kier molecular flexibility index (Phi) is 4.57. The van der Waals surface area contributed by atoms with Gasteiger partial charge >= 0.3 is 0 Å². The van der Waals surface area contributed by atoms with Gasteiger partial charge in [-0.3, -0.25) is 0 Å². The van der Waals surface area contributed by atoms with Crippen molar-refractivity contribution in [3.63, 3.8) is 0 Å². The molecule has 2 rings (SSSR count). The third-order valence-electron chi connectivity index (χ3n) is 3.82. The maximum absolute atomic E-state index is 3.45. The molecule has 94 valence electrons. The predicted molar refractivity (Wildman–Crippen MR) is 73.2 cm³/mol. The number of nitrogens with one attached hydrogen (secondary N) is 1. The first-order valence-corrected chi connectivity index (χ1v) is 7.71. The average molecular weight is 242 g/mol. The molecule has 2 fully saturated rings. The highest BCUT2D eigenvalue weighted by atomic mass is 32.2. The van der Waals surface area contributed by atoms with Crippen LogP contribution in [0.4, 0.5) is 0 Å². The van der Waals surface area contributed by atoms with E-state index in [9.17, 15) is 0 Å². The van der Waals surface area contributed by atoms with Crippen LogP contribution in [0.3, 0.4) is 0 Å². The molecule has 0 spiro atoms. The summed E-state index contributed by atoms with van der Waals surface area (Å²) >= 11 is 2.13. The maximum Gasteiger partial charge on any atom is 0.0231 e. The molecule has 16 heavy (non-hydrogen) atoms. The summed E-state index contributed by atoms with van der Waals surface area (Å²) in [4.78, 5) is 2.68. The highest BCUT2D eigenvalue weighted by Gasteiger charge is 2.27. The summed E-state index contributed by atoms with van der Waals surface area (Å²) in [6.07, 6.45) is 4.21. The minimum atomic E-state index is 0.479. The molecule has 0 amide bonds. The van der Waals surface area contributed by atoms with E-state index in [-0.39, 0.29) is 0 Å². The van der Waals surface area contributed by atoms with Gasteiger partial charge in [-0.15, -0.1) is 0 Å². The van der Waals surface area contributed by atoms with Crippen LogP contribution in [0.25, 0.3) is 0 Å². The van der Waals surface area contributed by atoms with E-state index in [1.54, 1.807) is 0 Å². The second-order valence-electron chi connectivity index (χ2n) is 5.87. The molecule has 0 saturated carbocycles. The molecule has 0 aliphatic carbocycles. The maximum atomic E-state index is 3.45. The molecule has 2 saturated heterocycles. The van der Waals surface area contributed by atoms with Gasteiger partial charge in [-0.2, -0.15) is 11.8 Å². The third kappa shape index (κ3) is 3.94. The van der Waals surface area contributed by atoms with Gasteiger partial charge in [0.05, 0.1) is 0 Å². The molecule has 0 bridgehead atoms. The molecular weight excluding hydrogens is 216 g/mol. The fourth-order valence-corrected chi connectivity index (χ4v) is 4.02. The van der Waals surface area contributed by atoms with E-state index in [0.29, 0.717) is 4.75 Å². The minimum absolute atomic E-state index is 0.479. The summed E-state index contributed by atoms with van der Waals surface area (Å²) in [5.41, 5.74) is 0. The van der Waals surface area contributed by atoms with Gasteiger partial charge in [0.2, 0.25) is 0 Å². The largest absolute Gasteiger partial charge is 0.317 e. The van der Waals surface area contributed by atoms with E-state index in [1.165, 1.54) is 57.7 Å². The van der Waals surface area contributed by atoms with Crippen LogP contribution in [-0.2, 0) is 0 Å². The minimum Gasteiger partial charge on any atom is -0.317 e. The topological polar surface area (TPSA) is 15.3 Å². The first-order valence-electron chi connectivity index (χ1n) is 6.73. The fourth-order valence-electron chi connectivity index (χ4n) is 2.84. The molecule has 2 aliphatic heterocycles. The lowest BCUT2D eigenvalue weighted by molar-refractivity contribution is 0.226. The number of thioether (sulfide) groups is 1. The van der Waals surface area contributed by atoms with Crippen molar-refractivity contribution in [2.45, 2.75) is 37.9 Å². The first-order chi connectivity index (χ1) is 7.66. The zero-order chi connectivity index (χ0) is 11.4. The van der Waals surface area contributed by atoms with E-state index in [0.717, 1.165) is 5.92 Å². The number of rotatable bonds is 3. The van der Waals surface area contributed by atoms with E-state index in [2.05, 4.69) is 35.8 Å². The van der Waals surface area contributed by atoms with Gasteiger partial charge in [0.1, 0.15) is 0 Å². The van der Waals surface area contributed by atoms with Gasteiger partial charge in [0.25, 0.3) is 0 Å². The van der Waals surface area contributed by atoms with Crippen LogP contribution >= 0.6 is 11.8 Å². The summed E-state index contributed by atoms with van der Waals surface area (Å²) in [5.74, 6) is 2.30. The summed E-state index contributed by atoms with van der Waals surface area (Å²) in [7, 11) is 0. The molecule has 3 heteroatoms. The second kappa shape index (κ2) is 5.74. The van der Waals surface area contributed by atoms with E-state index in [1.807, 2.05) is 0 Å². The fraction of sp³-hybridized carbons (Fsp3) is 1.00. The molecule has 0 atom stereocenters. The van der Waals surface area contributed by atoms with Crippen molar-refractivity contribution in [1.29, 1.82) is 0 Å². The van der Waals surface area contributed by atoms with Crippen LogP contribution in [0.5, 0.6) is 0 Å². The number of hydrogen-bond donors (Lipinski definition) is 1. The normalized spacial score (nSPS) is 28.1. The van der Waals surface area contributed by atoms with Crippen LogP contribution in [0.2, 0.25) is 0 Å². The molecular formula is C13H26N2S. The van der Waals surface area contributed by atoms with Crippen LogP contribution in [0, 0.1) is 5.92 Å². The Labute approximate surface area is 105 Å². The molecule has 0 unspecified atom stereocenters. The molecule has 0 aromatic heterocycles. The lowest BCUT2D eigenvalue weighted by Gasteiger charge is -2.38. The molecule has 0 radical (unpaired) electrons. The summed E-state index contributed by atoms with van der Waals surface area (Å²) < 4.78 is 0.479. The molecule has 2 heterocycles. The van der Waals surface area contributed by atoms with Gasteiger partial charge in [-0.25, -0.2) is 0 Å². The predicted octanol–water partition coefficient (Wildman–Crippen LogP) is 2.20. The van der Waals surface area contributed by atoms with Gasteiger partial charge in [-0.05, 0) is 58.7 Å². The summed E-state index contributed by atoms with van der Waals surface area (Å²) in [6.45, 7) is 11.2. The Balaban J connectivity index is 1.68. The molecule has 2 aliphatic rings. The Bertz CT molecular complexity index is 212. The average Bonchev–Trinajstić information content (AvgIpc) is 2.27. The van der Waals surface area contributed by atoms with E-state index < -0.39 is 0 Å². The Morgan fingerprint density at radius 2 is 2.06 bits per heavy atom. The Morgan fingerprint density at radius 1 is 1.31 bits per heavy atom. The number of piperidine rings is 1. The van der Waals surface area contributed by atoms with Crippen molar-refractivity contribution in [1.82, 2.24) is 10.2 Å². The van der Waals surface area contributed by atoms with Crippen LogP contribution in [0.15, 0.2) is 0 Å². The van der Waals surface area contributed by atoms with Crippen molar-refractivity contribution < 1.29 is 0 Å². The Hall–Kier alpha value is 0.270. The standard InChI is InChI=1S/C13H26N2S/c1-13(2)11-15(9-10-16-13)8-5-12-3-6-14-7-4-12/h12,14H,3-11H2,1-2H3. The zero-order valence-corrected chi connectivity index (χ0v) is 11.6. The molecule has 0 aromatic rings. The van der Waals surface area contributed by atoms with Gasteiger partial charge in [0.15, 0.2) is 0 Å². The van der Waals surface area contributed by atoms with Gasteiger partial charge in [-0.1, -0.05) is 0 Å². The SMILES string of the molecule is CC1(C)CN(CCC2CCNCC2)CCS1. The monoisotopic (exact) mass is 242 g/mol. The van der Waals surface area contributed by atoms with Crippen LogP contribution < -0.4 is 5.32 Å². The number of hydrogen-bond acceptors (Lipinski definition) is 3. The van der Waals surface area contributed by atoms with Crippen molar-refractivity contribution in [2.24, 2.45) is 5.92 Å². The molecule has 1 N–H and O–H groups in total. The van der Waals surface area contributed by atoms with Crippen LogP contribution in [0.1, 0.15) is 33.1 Å². The lowest BCUT2D eigenvalue weighted by atomic mass is 9.94. The lowest BCUT2D eigenvalue weighted by Crippen LogP contribution is -2.44. The van der Waals surface area contributed by atoms with E-state index >= 15 is 0 Å². The Morgan fingerprint density at radius 3 is 2.75 bits per heavy atom. The summed E-state index contributed by atoms with van der Waals surface area (Å²) in [5, 5.41) is 3.45. The molecule has 0 aromatic carbocycles. The van der Waals surface area contributed by atoms with Gasteiger partial charge < -0.3 is 10.2 Å². The zero-order valence-electron chi connectivity index (χ0n) is 10.8. The van der Waals surface area contributed by atoms with Crippen LogP contribution in [-0.4, -0.2) is 48.1 Å². The van der Waals surface area contributed by atoms with Crippen molar-refractivity contribution in [3.8, 4) is 0 Å². The number of nitrogens with zero attached hydrogens (tertiary/aromatic N) is 1. The second-order valence-corrected chi connectivity index (χ2v) is 7.67. The van der Waals surface area contributed by atoms with Gasteiger partial charge in [0, 0.05) is 23.6 Å². The quantitative estimate of drug-likeness (QED) is 0.817. The summed E-state index contributed by atoms with van der Waals surface area (Å²) in [6, 6.07) is 0. The van der Waals surface area contributed by atoms with E-state index in [4.69, 9.17) is 0 Å². The molecule has 2 nitrogen and oxygen atoms in total. The highest BCUT2D eigenvalue weighted by Crippen LogP contribution is 2.30. The first kappa shape index (κ1) is 12.7.